The fraction of sp³-hybridized carbons (Fsp3) is 0.444. The molecule has 10 heteroatoms. The molecule has 0 radical (unpaired) electrons. The number of hydrogen-bond donors (Lipinski definition) is 3. The van der Waals surface area contributed by atoms with Crippen molar-refractivity contribution in [2.45, 2.75) is 38.1 Å². The number of aromatic nitrogens is 1. The zero-order valence-corrected chi connectivity index (χ0v) is 21.5. The standard InChI is InChI=1S/C27H35N7O3/c1-33(2)24(35)13-15-30-26-22(11-12-23(32-26)21-9-4-3-7-19(21)17-29)27(37)31-18-20-8-6-16-34(20)25(36)10-5-14-28/h3-4,7,9,11-12,20H,5-6,8,10,13-16,18,28H2,1-2H3,(H,30,32)(H,31,37)/t20-/m1/s1. The number of nitriles is 1. The Morgan fingerprint density at radius 1 is 1.19 bits per heavy atom. The van der Waals surface area contributed by atoms with Crippen LogP contribution in [-0.4, -0.2) is 78.8 Å². The molecule has 0 aliphatic carbocycles. The molecule has 1 aromatic heterocycles. The fourth-order valence-corrected chi connectivity index (χ4v) is 4.32. The number of hydrogen-bond acceptors (Lipinski definition) is 7. The van der Waals surface area contributed by atoms with E-state index in [0.29, 0.717) is 67.2 Å². The average molecular weight is 506 g/mol. The van der Waals surface area contributed by atoms with Crippen molar-refractivity contribution in [2.75, 3.05) is 45.6 Å². The third kappa shape index (κ3) is 7.27. The van der Waals surface area contributed by atoms with Gasteiger partial charge in [-0.05, 0) is 44.0 Å². The van der Waals surface area contributed by atoms with E-state index >= 15 is 0 Å². The van der Waals surface area contributed by atoms with Gasteiger partial charge in [-0.25, -0.2) is 4.98 Å². The summed E-state index contributed by atoms with van der Waals surface area (Å²) >= 11 is 0. The van der Waals surface area contributed by atoms with Crippen LogP contribution >= 0.6 is 0 Å². The van der Waals surface area contributed by atoms with Crippen LogP contribution in [0.5, 0.6) is 0 Å². The third-order valence-electron chi connectivity index (χ3n) is 6.38. The fourth-order valence-electron chi connectivity index (χ4n) is 4.32. The molecule has 3 amide bonds. The second-order valence-electron chi connectivity index (χ2n) is 9.20. The highest BCUT2D eigenvalue weighted by Gasteiger charge is 2.29. The summed E-state index contributed by atoms with van der Waals surface area (Å²) in [6.45, 7) is 1.79. The van der Waals surface area contributed by atoms with E-state index in [2.05, 4.69) is 21.7 Å². The van der Waals surface area contributed by atoms with Gasteiger partial charge in [0.15, 0.2) is 0 Å². The maximum absolute atomic E-state index is 13.2. The Balaban J connectivity index is 1.78. The second-order valence-corrected chi connectivity index (χ2v) is 9.20. The van der Waals surface area contributed by atoms with Crippen molar-refractivity contribution < 1.29 is 14.4 Å². The summed E-state index contributed by atoms with van der Waals surface area (Å²) in [6.07, 6.45) is 3.02. The molecule has 10 nitrogen and oxygen atoms in total. The van der Waals surface area contributed by atoms with Crippen molar-refractivity contribution in [2.24, 2.45) is 5.73 Å². The molecule has 1 fully saturated rings. The second kappa shape index (κ2) is 13.4. The van der Waals surface area contributed by atoms with Crippen LogP contribution in [0.3, 0.4) is 0 Å². The topological polar surface area (TPSA) is 144 Å². The number of amides is 3. The van der Waals surface area contributed by atoms with E-state index in [9.17, 15) is 19.6 Å². The van der Waals surface area contributed by atoms with Crippen LogP contribution in [0.2, 0.25) is 0 Å². The number of nitrogens with zero attached hydrogens (tertiary/aromatic N) is 4. The lowest BCUT2D eigenvalue weighted by Crippen LogP contribution is -2.43. The molecule has 0 saturated carbocycles. The third-order valence-corrected chi connectivity index (χ3v) is 6.38. The van der Waals surface area contributed by atoms with Gasteiger partial charge in [0.1, 0.15) is 5.82 Å². The molecule has 1 atom stereocenters. The molecule has 1 aliphatic rings. The molecule has 0 bridgehead atoms. The number of likely N-dealkylation sites (tertiary alicyclic amines) is 1. The number of pyridine rings is 1. The summed E-state index contributed by atoms with van der Waals surface area (Å²) in [7, 11) is 3.37. The van der Waals surface area contributed by atoms with Gasteiger partial charge in [0, 0.05) is 58.2 Å². The smallest absolute Gasteiger partial charge is 0.255 e. The molecule has 1 aromatic carbocycles. The Bertz CT molecular complexity index is 1160. The average Bonchev–Trinajstić information content (AvgIpc) is 3.39. The first-order valence-electron chi connectivity index (χ1n) is 12.6. The van der Waals surface area contributed by atoms with E-state index in [1.165, 1.54) is 4.90 Å². The van der Waals surface area contributed by atoms with Crippen molar-refractivity contribution in [1.82, 2.24) is 20.1 Å². The summed E-state index contributed by atoms with van der Waals surface area (Å²) in [5, 5.41) is 15.6. The quantitative estimate of drug-likeness (QED) is 0.423. The van der Waals surface area contributed by atoms with E-state index in [1.807, 2.05) is 11.0 Å². The van der Waals surface area contributed by atoms with Crippen molar-refractivity contribution in [3.8, 4) is 17.3 Å². The zero-order valence-electron chi connectivity index (χ0n) is 21.5. The number of nitrogens with one attached hydrogen (secondary N) is 2. The normalized spacial score (nSPS) is 14.6. The molecule has 37 heavy (non-hydrogen) atoms. The molecule has 2 heterocycles. The molecular weight excluding hydrogens is 470 g/mol. The molecule has 0 unspecified atom stereocenters. The van der Waals surface area contributed by atoms with Gasteiger partial charge in [-0.15, -0.1) is 0 Å². The van der Waals surface area contributed by atoms with E-state index in [0.717, 1.165) is 12.8 Å². The van der Waals surface area contributed by atoms with Crippen molar-refractivity contribution in [3.63, 3.8) is 0 Å². The van der Waals surface area contributed by atoms with Crippen LogP contribution in [0.4, 0.5) is 5.82 Å². The summed E-state index contributed by atoms with van der Waals surface area (Å²) in [4.78, 5) is 45.7. The molecule has 3 rings (SSSR count). The van der Waals surface area contributed by atoms with Gasteiger partial charge in [-0.2, -0.15) is 5.26 Å². The molecule has 196 valence electrons. The number of nitrogens with two attached hydrogens (primary N) is 1. The predicted octanol–water partition coefficient (Wildman–Crippen LogP) is 1.97. The maximum atomic E-state index is 13.2. The highest BCUT2D eigenvalue weighted by molar-refractivity contribution is 5.99. The highest BCUT2D eigenvalue weighted by atomic mass is 16.2. The number of carbonyl (C=O) groups is 3. The van der Waals surface area contributed by atoms with Gasteiger partial charge >= 0.3 is 0 Å². The van der Waals surface area contributed by atoms with Crippen LogP contribution in [-0.2, 0) is 9.59 Å². The summed E-state index contributed by atoms with van der Waals surface area (Å²) in [6, 6.07) is 12.6. The molecule has 0 spiro atoms. The summed E-state index contributed by atoms with van der Waals surface area (Å²) in [5.41, 5.74) is 7.54. The van der Waals surface area contributed by atoms with Gasteiger partial charge in [-0.3, -0.25) is 14.4 Å². The van der Waals surface area contributed by atoms with Crippen LogP contribution < -0.4 is 16.4 Å². The lowest BCUT2D eigenvalue weighted by molar-refractivity contribution is -0.132. The van der Waals surface area contributed by atoms with Gasteiger partial charge in [0.05, 0.1) is 22.9 Å². The molecule has 4 N–H and O–H groups in total. The molecule has 2 aromatic rings. The molecular formula is C27H35N7O3. The first-order chi connectivity index (χ1) is 17.8. The van der Waals surface area contributed by atoms with Crippen molar-refractivity contribution in [1.29, 1.82) is 5.26 Å². The Morgan fingerprint density at radius 3 is 2.70 bits per heavy atom. The Labute approximate surface area is 217 Å². The minimum atomic E-state index is -0.324. The largest absolute Gasteiger partial charge is 0.369 e. The molecule has 1 aliphatic heterocycles. The predicted molar refractivity (Wildman–Crippen MR) is 142 cm³/mol. The lowest BCUT2D eigenvalue weighted by atomic mass is 10.0. The van der Waals surface area contributed by atoms with E-state index < -0.39 is 0 Å². The van der Waals surface area contributed by atoms with Crippen LogP contribution in [0, 0.1) is 11.3 Å². The van der Waals surface area contributed by atoms with E-state index in [4.69, 9.17) is 5.73 Å². The van der Waals surface area contributed by atoms with Crippen LogP contribution in [0.25, 0.3) is 11.3 Å². The number of rotatable bonds is 11. The SMILES string of the molecule is CN(C)C(=O)CCNc1nc(-c2ccccc2C#N)ccc1C(=O)NC[C@H]1CCCN1C(=O)CCCN. The first kappa shape index (κ1) is 27.6. The lowest BCUT2D eigenvalue weighted by Gasteiger charge is -2.25. The minimum Gasteiger partial charge on any atom is -0.369 e. The minimum absolute atomic E-state index is 0.0508. The molecule has 1 saturated heterocycles. The highest BCUT2D eigenvalue weighted by Crippen LogP contribution is 2.25. The van der Waals surface area contributed by atoms with Crippen LogP contribution in [0.15, 0.2) is 36.4 Å². The Hall–Kier alpha value is -3.97. The first-order valence-corrected chi connectivity index (χ1v) is 12.6. The number of carbonyl (C=O) groups excluding carboxylic acids is 3. The zero-order chi connectivity index (χ0) is 26.8. The van der Waals surface area contributed by atoms with Crippen molar-refractivity contribution >= 4 is 23.5 Å². The van der Waals surface area contributed by atoms with Gasteiger partial charge in [0.2, 0.25) is 11.8 Å². The Morgan fingerprint density at radius 2 is 1.97 bits per heavy atom. The Kier molecular flexibility index (Phi) is 9.98. The van der Waals surface area contributed by atoms with E-state index in [-0.39, 0.29) is 30.2 Å². The van der Waals surface area contributed by atoms with Gasteiger partial charge in [-0.1, -0.05) is 18.2 Å². The van der Waals surface area contributed by atoms with E-state index in [1.54, 1.807) is 44.4 Å². The van der Waals surface area contributed by atoms with Gasteiger partial charge < -0.3 is 26.2 Å². The van der Waals surface area contributed by atoms with Crippen LogP contribution in [0.1, 0.15) is 48.0 Å². The summed E-state index contributed by atoms with van der Waals surface area (Å²) < 4.78 is 0. The summed E-state index contributed by atoms with van der Waals surface area (Å²) in [5.74, 6) is 0.0225. The van der Waals surface area contributed by atoms with Crippen molar-refractivity contribution in [3.05, 3.63) is 47.5 Å². The number of benzene rings is 1. The maximum Gasteiger partial charge on any atom is 0.255 e. The monoisotopic (exact) mass is 505 g/mol. The van der Waals surface area contributed by atoms with Gasteiger partial charge in [0.25, 0.3) is 5.91 Å². The number of anilines is 1.